The number of rotatable bonds is 3. The summed E-state index contributed by atoms with van der Waals surface area (Å²) in [5.41, 5.74) is 2.44. The maximum atomic E-state index is 13.0. The summed E-state index contributed by atoms with van der Waals surface area (Å²) in [5, 5.41) is 4.26. The van der Waals surface area contributed by atoms with Gasteiger partial charge in [0.05, 0.1) is 11.4 Å². The lowest BCUT2D eigenvalue weighted by atomic mass is 10.0. The molecule has 0 fully saturated rings. The van der Waals surface area contributed by atoms with E-state index in [9.17, 15) is 8.42 Å². The number of benzene rings is 1. The molecule has 0 atom stereocenters. The number of aromatic nitrogens is 2. The molecule has 2 heterocycles. The molecule has 0 spiro atoms. The Morgan fingerprint density at radius 3 is 2.76 bits per heavy atom. The van der Waals surface area contributed by atoms with Gasteiger partial charge in [-0.05, 0) is 38.3 Å². The van der Waals surface area contributed by atoms with Crippen molar-refractivity contribution in [2.24, 2.45) is 0 Å². The van der Waals surface area contributed by atoms with Crippen LogP contribution in [0.25, 0.3) is 0 Å². The molecular formula is C15H19N3O2S. The van der Waals surface area contributed by atoms with Gasteiger partial charge in [-0.2, -0.15) is 5.10 Å². The molecule has 3 rings (SSSR count). The van der Waals surface area contributed by atoms with Crippen LogP contribution in [0.5, 0.6) is 0 Å². The highest BCUT2D eigenvalue weighted by atomic mass is 32.2. The van der Waals surface area contributed by atoms with Gasteiger partial charge < -0.3 is 0 Å². The summed E-state index contributed by atoms with van der Waals surface area (Å²) in [6.45, 7) is 4.87. The van der Waals surface area contributed by atoms with Gasteiger partial charge in [0.15, 0.2) is 0 Å². The summed E-state index contributed by atoms with van der Waals surface area (Å²) in [6, 6.07) is 7.72. The number of hydrogen-bond donors (Lipinski definition) is 0. The number of aryl methyl sites for hydroxylation is 3. The molecule has 112 valence electrons. The summed E-state index contributed by atoms with van der Waals surface area (Å²) >= 11 is 0. The predicted molar refractivity (Wildman–Crippen MR) is 81.9 cm³/mol. The minimum absolute atomic E-state index is 0.307. The molecular weight excluding hydrogens is 286 g/mol. The maximum absolute atomic E-state index is 13.0. The first kappa shape index (κ1) is 14.1. The van der Waals surface area contributed by atoms with Crippen molar-refractivity contribution in [1.29, 1.82) is 0 Å². The minimum Gasteiger partial charge on any atom is -0.271 e. The number of sulfonamides is 1. The van der Waals surface area contributed by atoms with Gasteiger partial charge in [0.1, 0.15) is 4.90 Å². The Labute approximate surface area is 125 Å². The van der Waals surface area contributed by atoms with Crippen LogP contribution < -0.4 is 4.31 Å². The van der Waals surface area contributed by atoms with Gasteiger partial charge in [-0.15, -0.1) is 0 Å². The molecule has 21 heavy (non-hydrogen) atoms. The second-order valence-electron chi connectivity index (χ2n) is 5.24. The minimum atomic E-state index is -3.55. The van der Waals surface area contributed by atoms with Crippen LogP contribution in [0.2, 0.25) is 0 Å². The molecule has 1 aliphatic heterocycles. The third-order valence-corrected chi connectivity index (χ3v) is 5.78. The highest BCUT2D eigenvalue weighted by Gasteiger charge is 2.31. The Morgan fingerprint density at radius 1 is 1.29 bits per heavy atom. The van der Waals surface area contributed by atoms with E-state index in [0.717, 1.165) is 24.1 Å². The van der Waals surface area contributed by atoms with Crippen molar-refractivity contribution >= 4 is 15.7 Å². The lowest BCUT2D eigenvalue weighted by Gasteiger charge is -2.30. The van der Waals surface area contributed by atoms with Crippen molar-refractivity contribution in [3.63, 3.8) is 0 Å². The molecule has 0 aliphatic carbocycles. The number of hydrogen-bond acceptors (Lipinski definition) is 3. The number of fused-ring (bicyclic) bond motifs is 1. The molecule has 1 aromatic heterocycles. The van der Waals surface area contributed by atoms with E-state index in [1.54, 1.807) is 17.8 Å². The van der Waals surface area contributed by atoms with Crippen LogP contribution in [0.3, 0.4) is 0 Å². The Hall–Kier alpha value is -1.82. The van der Waals surface area contributed by atoms with E-state index in [4.69, 9.17) is 0 Å². The normalized spacial score (nSPS) is 15.0. The molecule has 0 unspecified atom stereocenters. The molecule has 0 N–H and O–H groups in total. The third-order valence-electron chi connectivity index (χ3n) is 3.86. The molecule has 0 amide bonds. The Kier molecular flexibility index (Phi) is 3.49. The highest BCUT2D eigenvalue weighted by molar-refractivity contribution is 7.92. The van der Waals surface area contributed by atoms with Gasteiger partial charge in [0.2, 0.25) is 0 Å². The van der Waals surface area contributed by atoms with E-state index in [1.165, 1.54) is 4.31 Å². The van der Waals surface area contributed by atoms with Crippen molar-refractivity contribution in [2.75, 3.05) is 10.8 Å². The topological polar surface area (TPSA) is 55.2 Å². The monoisotopic (exact) mass is 305 g/mol. The Balaban J connectivity index is 2.09. The van der Waals surface area contributed by atoms with E-state index < -0.39 is 10.0 Å². The van der Waals surface area contributed by atoms with Gasteiger partial charge in [0.25, 0.3) is 10.0 Å². The van der Waals surface area contributed by atoms with Crippen molar-refractivity contribution in [3.05, 3.63) is 41.7 Å². The first-order valence-corrected chi connectivity index (χ1v) is 8.62. The summed E-state index contributed by atoms with van der Waals surface area (Å²) in [6.07, 6.45) is 3.40. The zero-order chi connectivity index (χ0) is 15.0. The average molecular weight is 305 g/mol. The number of nitrogens with zero attached hydrogens (tertiary/aromatic N) is 3. The summed E-state index contributed by atoms with van der Waals surface area (Å²) in [5.74, 6) is 0. The van der Waals surface area contributed by atoms with Crippen LogP contribution >= 0.6 is 0 Å². The molecule has 0 saturated carbocycles. The zero-order valence-corrected chi connectivity index (χ0v) is 13.1. The fourth-order valence-electron chi connectivity index (χ4n) is 2.78. The molecule has 0 bridgehead atoms. The number of para-hydroxylation sites is 1. The van der Waals surface area contributed by atoms with Crippen molar-refractivity contribution in [3.8, 4) is 0 Å². The first-order chi connectivity index (χ1) is 10.0. The molecule has 6 heteroatoms. The fraction of sp³-hybridized carbons (Fsp3) is 0.400. The van der Waals surface area contributed by atoms with Crippen LogP contribution in [0.4, 0.5) is 5.69 Å². The predicted octanol–water partition coefficient (Wildman–Crippen LogP) is 2.35. The van der Waals surface area contributed by atoms with Crippen molar-refractivity contribution in [2.45, 2.75) is 38.1 Å². The van der Waals surface area contributed by atoms with E-state index in [1.807, 2.05) is 31.2 Å². The SMILES string of the molecule is CCn1cc(S(=O)(=O)N2CCCc3ccccc32)c(C)n1. The average Bonchev–Trinajstić information content (AvgIpc) is 2.88. The Morgan fingerprint density at radius 2 is 2.05 bits per heavy atom. The van der Waals surface area contributed by atoms with Crippen LogP contribution in [0.15, 0.2) is 35.4 Å². The van der Waals surface area contributed by atoms with E-state index in [0.29, 0.717) is 23.7 Å². The lowest BCUT2D eigenvalue weighted by Crippen LogP contribution is -2.35. The number of anilines is 1. The third kappa shape index (κ3) is 2.33. The van der Waals surface area contributed by atoms with Crippen LogP contribution in [-0.2, 0) is 23.0 Å². The second kappa shape index (κ2) is 5.18. The maximum Gasteiger partial charge on any atom is 0.267 e. The first-order valence-electron chi connectivity index (χ1n) is 7.18. The summed E-state index contributed by atoms with van der Waals surface area (Å²) in [4.78, 5) is 0.307. The highest BCUT2D eigenvalue weighted by Crippen LogP contribution is 2.32. The van der Waals surface area contributed by atoms with Gasteiger partial charge in [-0.3, -0.25) is 8.99 Å². The van der Waals surface area contributed by atoms with E-state index in [-0.39, 0.29) is 0 Å². The summed E-state index contributed by atoms with van der Waals surface area (Å²) in [7, 11) is -3.55. The van der Waals surface area contributed by atoms with E-state index >= 15 is 0 Å². The largest absolute Gasteiger partial charge is 0.271 e. The molecule has 0 radical (unpaired) electrons. The van der Waals surface area contributed by atoms with Crippen LogP contribution in [0, 0.1) is 6.92 Å². The molecule has 0 saturated heterocycles. The van der Waals surface area contributed by atoms with Gasteiger partial charge in [0, 0.05) is 19.3 Å². The molecule has 2 aromatic rings. The second-order valence-corrected chi connectivity index (χ2v) is 7.07. The summed E-state index contributed by atoms with van der Waals surface area (Å²) < 4.78 is 29.1. The zero-order valence-electron chi connectivity index (χ0n) is 12.3. The van der Waals surface area contributed by atoms with Gasteiger partial charge in [-0.25, -0.2) is 8.42 Å². The fourth-order valence-corrected chi connectivity index (χ4v) is 4.50. The van der Waals surface area contributed by atoms with Crippen LogP contribution in [0.1, 0.15) is 24.6 Å². The van der Waals surface area contributed by atoms with E-state index in [2.05, 4.69) is 5.10 Å². The standard InChI is InChI=1S/C15H19N3O2S/c1-3-17-11-15(12(2)16-17)21(19,20)18-10-6-8-13-7-4-5-9-14(13)18/h4-5,7,9,11H,3,6,8,10H2,1-2H3. The van der Waals surface area contributed by atoms with Gasteiger partial charge >= 0.3 is 0 Å². The van der Waals surface area contributed by atoms with Crippen molar-refractivity contribution in [1.82, 2.24) is 9.78 Å². The molecule has 1 aliphatic rings. The Bertz CT molecular complexity index is 765. The molecule has 1 aromatic carbocycles. The lowest BCUT2D eigenvalue weighted by molar-refractivity contribution is 0.585. The van der Waals surface area contributed by atoms with Crippen molar-refractivity contribution < 1.29 is 8.42 Å². The smallest absolute Gasteiger partial charge is 0.267 e. The molecule has 5 nitrogen and oxygen atoms in total. The van der Waals surface area contributed by atoms with Crippen LogP contribution in [-0.4, -0.2) is 24.7 Å². The van der Waals surface area contributed by atoms with Gasteiger partial charge in [-0.1, -0.05) is 18.2 Å². The quantitative estimate of drug-likeness (QED) is 0.874.